The Bertz CT molecular complexity index is 366. The van der Waals surface area contributed by atoms with E-state index in [2.05, 4.69) is 42.1 Å². The average molecular weight is 247 g/mol. The second-order valence-corrected chi connectivity index (χ2v) is 5.70. The fraction of sp³-hybridized carbons (Fsp3) is 0.667. The zero-order valence-electron chi connectivity index (χ0n) is 11.6. The summed E-state index contributed by atoms with van der Waals surface area (Å²) in [6.45, 7) is 7.56. The lowest BCUT2D eigenvalue weighted by molar-refractivity contribution is 0.366. The Hall–Kier alpha value is -0.930. The van der Waals surface area contributed by atoms with Crippen molar-refractivity contribution >= 4 is 5.71 Å². The van der Waals surface area contributed by atoms with Gasteiger partial charge in [-0.3, -0.25) is 9.89 Å². The van der Waals surface area contributed by atoms with Gasteiger partial charge in [0.25, 0.3) is 0 Å². The van der Waals surface area contributed by atoms with Gasteiger partial charge in [0.2, 0.25) is 0 Å². The van der Waals surface area contributed by atoms with Crippen LogP contribution in [0.25, 0.3) is 0 Å². The van der Waals surface area contributed by atoms with Crippen molar-refractivity contribution in [1.29, 1.82) is 0 Å². The molecule has 1 atom stereocenters. The van der Waals surface area contributed by atoms with Crippen molar-refractivity contribution in [2.75, 3.05) is 19.6 Å². The highest BCUT2D eigenvalue weighted by Gasteiger charge is 2.19. The molecule has 2 heterocycles. The fourth-order valence-electron chi connectivity index (χ4n) is 2.54. The first kappa shape index (κ1) is 13.5. The van der Waals surface area contributed by atoms with E-state index in [9.17, 15) is 0 Å². The first-order chi connectivity index (χ1) is 8.65. The van der Waals surface area contributed by atoms with Gasteiger partial charge >= 0.3 is 0 Å². The molecule has 0 aliphatic carbocycles. The van der Waals surface area contributed by atoms with E-state index in [1.165, 1.54) is 11.3 Å². The first-order valence-corrected chi connectivity index (χ1v) is 7.05. The standard InChI is InChI=1S/C15H25N3/c1-12(2)15-6-4-3-5-13(9-17-15)10-18-8-7-14(16)11-18/h3,5,9,12,14H,4,6-8,10-11,16H2,1-2H3. The Labute approximate surface area is 110 Å². The van der Waals surface area contributed by atoms with Crippen molar-refractivity contribution in [3.05, 3.63) is 23.9 Å². The lowest BCUT2D eigenvalue weighted by Crippen LogP contribution is -2.27. The van der Waals surface area contributed by atoms with Crippen molar-refractivity contribution in [3.63, 3.8) is 0 Å². The molecule has 18 heavy (non-hydrogen) atoms. The fourth-order valence-corrected chi connectivity index (χ4v) is 2.54. The molecular weight excluding hydrogens is 222 g/mol. The largest absolute Gasteiger partial charge is 0.326 e. The predicted octanol–water partition coefficient (Wildman–Crippen LogP) is 2.35. The van der Waals surface area contributed by atoms with Crippen LogP contribution in [-0.2, 0) is 0 Å². The van der Waals surface area contributed by atoms with Crippen molar-refractivity contribution in [1.82, 2.24) is 4.90 Å². The number of hydrogen-bond acceptors (Lipinski definition) is 3. The Morgan fingerprint density at radius 2 is 2.33 bits per heavy atom. The highest BCUT2D eigenvalue weighted by atomic mass is 15.2. The minimum atomic E-state index is 0.359. The third-order valence-electron chi connectivity index (χ3n) is 3.68. The molecule has 1 saturated heterocycles. The van der Waals surface area contributed by atoms with Crippen LogP contribution in [-0.4, -0.2) is 36.3 Å². The molecule has 0 aromatic heterocycles. The maximum Gasteiger partial charge on any atom is 0.0312 e. The van der Waals surface area contributed by atoms with Crippen LogP contribution in [0, 0.1) is 5.92 Å². The first-order valence-electron chi connectivity index (χ1n) is 7.05. The SMILES string of the molecule is CC(C)C1=NC=C(CN2CCC(N)C2)C=CCC1. The molecule has 2 N–H and O–H groups in total. The maximum atomic E-state index is 5.94. The van der Waals surface area contributed by atoms with Gasteiger partial charge in [-0.05, 0) is 30.8 Å². The molecule has 0 bridgehead atoms. The zero-order chi connectivity index (χ0) is 13.0. The second-order valence-electron chi connectivity index (χ2n) is 5.70. The van der Waals surface area contributed by atoms with Crippen molar-refractivity contribution in [3.8, 4) is 0 Å². The van der Waals surface area contributed by atoms with E-state index in [0.717, 1.165) is 38.9 Å². The van der Waals surface area contributed by atoms with Gasteiger partial charge in [-0.2, -0.15) is 0 Å². The monoisotopic (exact) mass is 247 g/mol. The molecular formula is C15H25N3. The van der Waals surface area contributed by atoms with Crippen LogP contribution in [0.4, 0.5) is 0 Å². The highest BCUT2D eigenvalue weighted by molar-refractivity contribution is 5.87. The summed E-state index contributed by atoms with van der Waals surface area (Å²) in [5.74, 6) is 0.550. The Balaban J connectivity index is 2.01. The third kappa shape index (κ3) is 3.79. The molecule has 2 aliphatic heterocycles. The van der Waals surface area contributed by atoms with Gasteiger partial charge < -0.3 is 5.73 Å². The van der Waals surface area contributed by atoms with Gasteiger partial charge in [0.15, 0.2) is 0 Å². The van der Waals surface area contributed by atoms with Gasteiger partial charge in [0.05, 0.1) is 0 Å². The minimum Gasteiger partial charge on any atom is -0.326 e. The summed E-state index contributed by atoms with van der Waals surface area (Å²) in [5, 5.41) is 0. The number of nitrogens with zero attached hydrogens (tertiary/aromatic N) is 2. The van der Waals surface area contributed by atoms with Crippen LogP contribution in [0.15, 0.2) is 28.9 Å². The molecule has 0 spiro atoms. The Morgan fingerprint density at radius 3 is 3.00 bits per heavy atom. The lowest BCUT2D eigenvalue weighted by Gasteiger charge is -2.16. The van der Waals surface area contributed by atoms with Gasteiger partial charge in [0, 0.05) is 37.6 Å². The number of aliphatic imine (C=N–C) groups is 1. The molecule has 0 aromatic carbocycles. The summed E-state index contributed by atoms with van der Waals surface area (Å²) in [6, 6.07) is 0.359. The number of nitrogens with two attached hydrogens (primary N) is 1. The summed E-state index contributed by atoms with van der Waals surface area (Å²) < 4.78 is 0. The van der Waals surface area contributed by atoms with E-state index in [4.69, 9.17) is 5.73 Å². The van der Waals surface area contributed by atoms with E-state index in [1.807, 2.05) is 0 Å². The van der Waals surface area contributed by atoms with E-state index in [-0.39, 0.29) is 0 Å². The smallest absolute Gasteiger partial charge is 0.0312 e. The van der Waals surface area contributed by atoms with E-state index in [1.54, 1.807) is 0 Å². The summed E-state index contributed by atoms with van der Waals surface area (Å²) in [4.78, 5) is 7.09. The molecule has 0 aromatic rings. The number of allylic oxidation sites excluding steroid dienone is 1. The van der Waals surface area contributed by atoms with Gasteiger partial charge in [0.1, 0.15) is 0 Å². The second kappa shape index (κ2) is 6.30. The van der Waals surface area contributed by atoms with Crippen LogP contribution in [0.1, 0.15) is 33.1 Å². The van der Waals surface area contributed by atoms with E-state index < -0.39 is 0 Å². The quantitative estimate of drug-likeness (QED) is 0.832. The normalized spacial score (nSPS) is 25.9. The molecule has 100 valence electrons. The lowest BCUT2D eigenvalue weighted by atomic mass is 10.0. The summed E-state index contributed by atoms with van der Waals surface area (Å²) in [5.41, 5.74) is 8.56. The van der Waals surface area contributed by atoms with Crippen molar-refractivity contribution in [2.45, 2.75) is 39.2 Å². The minimum absolute atomic E-state index is 0.359. The molecule has 0 radical (unpaired) electrons. The number of likely N-dealkylation sites (tertiary alicyclic amines) is 1. The average Bonchev–Trinajstić information content (AvgIpc) is 2.68. The van der Waals surface area contributed by atoms with E-state index >= 15 is 0 Å². The van der Waals surface area contributed by atoms with Crippen LogP contribution < -0.4 is 5.73 Å². The number of hydrogen-bond donors (Lipinski definition) is 1. The Kier molecular flexibility index (Phi) is 4.72. The maximum absolute atomic E-state index is 5.94. The predicted molar refractivity (Wildman–Crippen MR) is 77.8 cm³/mol. The van der Waals surface area contributed by atoms with Crippen molar-refractivity contribution < 1.29 is 0 Å². The molecule has 3 nitrogen and oxygen atoms in total. The molecule has 1 fully saturated rings. The Morgan fingerprint density at radius 1 is 1.50 bits per heavy atom. The van der Waals surface area contributed by atoms with Gasteiger partial charge in [-0.25, -0.2) is 0 Å². The van der Waals surface area contributed by atoms with Crippen LogP contribution in [0.5, 0.6) is 0 Å². The van der Waals surface area contributed by atoms with E-state index in [0.29, 0.717) is 12.0 Å². The number of rotatable bonds is 3. The summed E-state index contributed by atoms with van der Waals surface area (Å²) >= 11 is 0. The van der Waals surface area contributed by atoms with Gasteiger partial charge in [-0.1, -0.05) is 26.0 Å². The van der Waals surface area contributed by atoms with Crippen LogP contribution >= 0.6 is 0 Å². The molecule has 0 amide bonds. The molecule has 0 saturated carbocycles. The van der Waals surface area contributed by atoms with Crippen LogP contribution in [0.3, 0.4) is 0 Å². The molecule has 2 aliphatic rings. The molecule has 2 rings (SSSR count). The van der Waals surface area contributed by atoms with Crippen molar-refractivity contribution in [2.24, 2.45) is 16.6 Å². The van der Waals surface area contributed by atoms with Gasteiger partial charge in [-0.15, -0.1) is 0 Å². The highest BCUT2D eigenvalue weighted by Crippen LogP contribution is 2.14. The zero-order valence-corrected chi connectivity index (χ0v) is 11.6. The molecule has 1 unspecified atom stereocenters. The van der Waals surface area contributed by atoms with Crippen LogP contribution in [0.2, 0.25) is 0 Å². The summed E-state index contributed by atoms with van der Waals surface area (Å²) in [6.07, 6.45) is 9.87. The summed E-state index contributed by atoms with van der Waals surface area (Å²) in [7, 11) is 0. The topological polar surface area (TPSA) is 41.6 Å². The molecule has 3 heteroatoms. The third-order valence-corrected chi connectivity index (χ3v) is 3.68.